The van der Waals surface area contributed by atoms with Crippen molar-refractivity contribution >= 4 is 5.69 Å². The summed E-state index contributed by atoms with van der Waals surface area (Å²) in [6.07, 6.45) is 0. The maximum Gasteiger partial charge on any atom is 0.127 e. The minimum atomic E-state index is 0.837. The molecule has 3 nitrogen and oxygen atoms in total. The van der Waals surface area contributed by atoms with E-state index in [0.717, 1.165) is 17.2 Å². The molecule has 0 saturated heterocycles. The van der Waals surface area contributed by atoms with Gasteiger partial charge in [-0.25, -0.2) is 5.43 Å². The monoisotopic (exact) mass is 228 g/mol. The smallest absolute Gasteiger partial charge is 0.127 e. The van der Waals surface area contributed by atoms with E-state index >= 15 is 0 Å². The van der Waals surface area contributed by atoms with Gasteiger partial charge < -0.3 is 9.75 Å². The zero-order valence-electron chi connectivity index (χ0n) is 10.1. The summed E-state index contributed by atoms with van der Waals surface area (Å²) in [4.78, 5) is 0. The number of ether oxygens (including phenoxy) is 1. The SMILES string of the molecule is CNN(C)c1ccc(Oc2ccccc2)cc1. The zero-order valence-corrected chi connectivity index (χ0v) is 10.1. The van der Waals surface area contributed by atoms with E-state index in [-0.39, 0.29) is 0 Å². The second kappa shape index (κ2) is 5.37. The van der Waals surface area contributed by atoms with E-state index in [1.807, 2.05) is 73.7 Å². The molecule has 2 aromatic rings. The van der Waals surface area contributed by atoms with Gasteiger partial charge in [0.15, 0.2) is 0 Å². The van der Waals surface area contributed by atoms with Gasteiger partial charge in [-0.05, 0) is 36.4 Å². The Morgan fingerprint density at radius 3 is 2.06 bits per heavy atom. The van der Waals surface area contributed by atoms with Gasteiger partial charge in [-0.2, -0.15) is 0 Å². The molecule has 0 atom stereocenters. The molecule has 2 aromatic carbocycles. The van der Waals surface area contributed by atoms with Gasteiger partial charge in [0.05, 0.1) is 5.69 Å². The first kappa shape index (κ1) is 11.5. The van der Waals surface area contributed by atoms with Crippen LogP contribution in [0.25, 0.3) is 0 Å². The van der Waals surface area contributed by atoms with Gasteiger partial charge in [0.2, 0.25) is 0 Å². The van der Waals surface area contributed by atoms with E-state index in [1.165, 1.54) is 0 Å². The minimum absolute atomic E-state index is 0.837. The molecule has 2 rings (SSSR count). The molecule has 0 spiro atoms. The lowest BCUT2D eigenvalue weighted by Crippen LogP contribution is -2.30. The number of anilines is 1. The van der Waals surface area contributed by atoms with Crippen LogP contribution in [0, 0.1) is 0 Å². The molecular weight excluding hydrogens is 212 g/mol. The van der Waals surface area contributed by atoms with Crippen LogP contribution in [0.4, 0.5) is 5.69 Å². The Labute approximate surface area is 102 Å². The van der Waals surface area contributed by atoms with E-state index < -0.39 is 0 Å². The van der Waals surface area contributed by atoms with Crippen molar-refractivity contribution in [3.8, 4) is 11.5 Å². The molecule has 17 heavy (non-hydrogen) atoms. The quantitative estimate of drug-likeness (QED) is 0.814. The van der Waals surface area contributed by atoms with E-state index in [2.05, 4.69) is 5.43 Å². The highest BCUT2D eigenvalue weighted by Crippen LogP contribution is 2.23. The summed E-state index contributed by atoms with van der Waals surface area (Å²) in [5, 5.41) is 1.94. The standard InChI is InChI=1S/C14H16N2O/c1-15-16(2)12-8-10-14(11-9-12)17-13-6-4-3-5-7-13/h3-11,15H,1-2H3. The average molecular weight is 228 g/mol. The molecule has 0 unspecified atom stereocenters. The molecule has 0 radical (unpaired) electrons. The maximum atomic E-state index is 5.71. The number of nitrogens with zero attached hydrogens (tertiary/aromatic N) is 1. The van der Waals surface area contributed by atoms with Gasteiger partial charge in [0, 0.05) is 14.1 Å². The fourth-order valence-corrected chi connectivity index (χ4v) is 1.49. The molecule has 0 aliphatic heterocycles. The van der Waals surface area contributed by atoms with Crippen LogP contribution in [0.5, 0.6) is 11.5 Å². The molecule has 0 saturated carbocycles. The Bertz CT molecular complexity index is 453. The fraction of sp³-hybridized carbons (Fsp3) is 0.143. The Balaban J connectivity index is 2.08. The lowest BCUT2D eigenvalue weighted by atomic mass is 10.3. The first-order chi connectivity index (χ1) is 8.29. The molecule has 1 N–H and O–H groups in total. The number of benzene rings is 2. The van der Waals surface area contributed by atoms with Crippen LogP contribution in [0.3, 0.4) is 0 Å². The van der Waals surface area contributed by atoms with E-state index in [0.29, 0.717) is 0 Å². The summed E-state index contributed by atoms with van der Waals surface area (Å²) >= 11 is 0. The molecule has 0 aliphatic carbocycles. The number of rotatable bonds is 4. The number of nitrogens with one attached hydrogen (secondary N) is 1. The highest BCUT2D eigenvalue weighted by molar-refractivity contribution is 5.48. The van der Waals surface area contributed by atoms with Crippen LogP contribution < -0.4 is 15.2 Å². The Kier molecular flexibility index (Phi) is 3.62. The van der Waals surface area contributed by atoms with Crippen molar-refractivity contribution in [3.05, 3.63) is 54.6 Å². The van der Waals surface area contributed by atoms with Gasteiger partial charge in [-0.3, -0.25) is 0 Å². The first-order valence-corrected chi connectivity index (χ1v) is 5.53. The largest absolute Gasteiger partial charge is 0.457 e. The van der Waals surface area contributed by atoms with E-state index in [1.54, 1.807) is 0 Å². The number of hydrazine groups is 1. The molecule has 0 aromatic heterocycles. The lowest BCUT2D eigenvalue weighted by Gasteiger charge is -2.17. The van der Waals surface area contributed by atoms with Crippen LogP contribution in [0.15, 0.2) is 54.6 Å². The van der Waals surface area contributed by atoms with Gasteiger partial charge in [-0.1, -0.05) is 18.2 Å². The van der Waals surface area contributed by atoms with Crippen LogP contribution in [-0.4, -0.2) is 14.1 Å². The molecule has 0 bridgehead atoms. The minimum Gasteiger partial charge on any atom is -0.457 e. The van der Waals surface area contributed by atoms with Crippen LogP contribution >= 0.6 is 0 Å². The Morgan fingerprint density at radius 1 is 0.882 bits per heavy atom. The molecule has 3 heteroatoms. The second-order valence-corrected chi connectivity index (χ2v) is 3.69. The lowest BCUT2D eigenvalue weighted by molar-refractivity contribution is 0.482. The van der Waals surface area contributed by atoms with Gasteiger partial charge >= 0.3 is 0 Å². The summed E-state index contributed by atoms with van der Waals surface area (Å²) in [5.74, 6) is 1.69. The van der Waals surface area contributed by atoms with Gasteiger partial charge in [0.25, 0.3) is 0 Å². The summed E-state index contributed by atoms with van der Waals surface area (Å²) in [7, 11) is 3.85. The Hall–Kier alpha value is -2.00. The first-order valence-electron chi connectivity index (χ1n) is 5.53. The van der Waals surface area contributed by atoms with Crippen molar-refractivity contribution in [2.75, 3.05) is 19.1 Å². The third-order valence-electron chi connectivity index (χ3n) is 2.54. The molecule has 0 heterocycles. The van der Waals surface area contributed by atoms with Crippen LogP contribution in [-0.2, 0) is 0 Å². The van der Waals surface area contributed by atoms with Crippen molar-refractivity contribution in [1.29, 1.82) is 0 Å². The summed E-state index contributed by atoms with van der Waals surface area (Å²) in [6.45, 7) is 0. The van der Waals surface area contributed by atoms with Gasteiger partial charge in [-0.15, -0.1) is 0 Å². The normalized spacial score (nSPS) is 10.0. The molecule has 88 valence electrons. The topological polar surface area (TPSA) is 24.5 Å². The third-order valence-corrected chi connectivity index (χ3v) is 2.54. The van der Waals surface area contributed by atoms with Crippen molar-refractivity contribution in [1.82, 2.24) is 5.43 Å². The van der Waals surface area contributed by atoms with Crippen LogP contribution in [0.1, 0.15) is 0 Å². The predicted octanol–water partition coefficient (Wildman–Crippen LogP) is 3.05. The van der Waals surface area contributed by atoms with Gasteiger partial charge in [0.1, 0.15) is 11.5 Å². The zero-order chi connectivity index (χ0) is 12.1. The second-order valence-electron chi connectivity index (χ2n) is 3.69. The highest BCUT2D eigenvalue weighted by atomic mass is 16.5. The molecule has 0 aliphatic rings. The Morgan fingerprint density at radius 2 is 1.47 bits per heavy atom. The highest BCUT2D eigenvalue weighted by Gasteiger charge is 1.99. The van der Waals surface area contributed by atoms with Crippen LogP contribution in [0.2, 0.25) is 0 Å². The van der Waals surface area contributed by atoms with E-state index in [9.17, 15) is 0 Å². The van der Waals surface area contributed by atoms with Crippen molar-refractivity contribution in [2.24, 2.45) is 0 Å². The molecule has 0 amide bonds. The summed E-state index contributed by atoms with van der Waals surface area (Å²) in [6, 6.07) is 17.7. The number of hydrogen-bond acceptors (Lipinski definition) is 3. The predicted molar refractivity (Wildman–Crippen MR) is 70.4 cm³/mol. The molecular formula is C14H16N2O. The van der Waals surface area contributed by atoms with Crippen molar-refractivity contribution in [3.63, 3.8) is 0 Å². The maximum absolute atomic E-state index is 5.71. The third kappa shape index (κ3) is 2.98. The van der Waals surface area contributed by atoms with E-state index in [4.69, 9.17) is 4.74 Å². The summed E-state index contributed by atoms with van der Waals surface area (Å²) in [5.41, 5.74) is 4.13. The van der Waals surface area contributed by atoms with Crippen molar-refractivity contribution < 1.29 is 4.74 Å². The summed E-state index contributed by atoms with van der Waals surface area (Å²) < 4.78 is 5.71. The number of para-hydroxylation sites is 1. The number of hydrogen-bond donors (Lipinski definition) is 1. The molecule has 0 fully saturated rings. The average Bonchev–Trinajstić information content (AvgIpc) is 2.40. The van der Waals surface area contributed by atoms with Crippen molar-refractivity contribution in [2.45, 2.75) is 0 Å². The fourth-order valence-electron chi connectivity index (χ4n) is 1.49.